The minimum atomic E-state index is -3.92. The summed E-state index contributed by atoms with van der Waals surface area (Å²) >= 11 is 0. The van der Waals surface area contributed by atoms with Crippen LogP contribution >= 0.6 is 0 Å². The summed E-state index contributed by atoms with van der Waals surface area (Å²) in [4.78, 5) is 26.9. The second-order valence-electron chi connectivity index (χ2n) is 7.60. The van der Waals surface area contributed by atoms with Crippen molar-refractivity contribution in [1.82, 2.24) is 15.0 Å². The SMILES string of the molecule is O=C1NC(=O)c2cc(S(=O)(=O)NCC(c3ccccc3)c3c[nH]c4ccccc34)ccc21. The molecule has 1 aromatic heterocycles. The van der Waals surface area contributed by atoms with E-state index >= 15 is 0 Å². The molecular formula is C24H19N3O4S. The molecule has 2 amide bonds. The van der Waals surface area contributed by atoms with E-state index in [0.717, 1.165) is 22.0 Å². The molecule has 1 aliphatic heterocycles. The summed E-state index contributed by atoms with van der Waals surface area (Å²) in [7, 11) is -3.92. The van der Waals surface area contributed by atoms with Crippen molar-refractivity contribution in [2.24, 2.45) is 0 Å². The Balaban J connectivity index is 1.48. The highest BCUT2D eigenvalue weighted by atomic mass is 32.2. The van der Waals surface area contributed by atoms with Crippen molar-refractivity contribution in [3.05, 3.63) is 101 Å². The predicted octanol–water partition coefficient (Wildman–Crippen LogP) is 3.16. The average Bonchev–Trinajstić information content (AvgIpc) is 3.35. The Morgan fingerprint density at radius 3 is 2.38 bits per heavy atom. The monoisotopic (exact) mass is 445 g/mol. The Morgan fingerprint density at radius 1 is 0.844 bits per heavy atom. The van der Waals surface area contributed by atoms with Gasteiger partial charge in [-0.3, -0.25) is 14.9 Å². The first-order valence-corrected chi connectivity index (χ1v) is 11.5. The highest BCUT2D eigenvalue weighted by molar-refractivity contribution is 7.89. The van der Waals surface area contributed by atoms with Gasteiger partial charge in [0.2, 0.25) is 10.0 Å². The van der Waals surface area contributed by atoms with Crippen LogP contribution in [0.15, 0.2) is 83.9 Å². The van der Waals surface area contributed by atoms with Crippen LogP contribution in [0.4, 0.5) is 0 Å². The van der Waals surface area contributed by atoms with Crippen molar-refractivity contribution in [1.29, 1.82) is 0 Å². The van der Waals surface area contributed by atoms with Gasteiger partial charge >= 0.3 is 0 Å². The Hall–Kier alpha value is -3.75. The van der Waals surface area contributed by atoms with E-state index in [0.29, 0.717) is 0 Å². The number of carbonyl (C=O) groups excluding carboxylic acids is 2. The van der Waals surface area contributed by atoms with Crippen LogP contribution in [0.5, 0.6) is 0 Å². The molecular weight excluding hydrogens is 426 g/mol. The van der Waals surface area contributed by atoms with Gasteiger partial charge in [-0.2, -0.15) is 0 Å². The third-order valence-electron chi connectivity index (χ3n) is 5.69. The number of imide groups is 1. The molecule has 2 heterocycles. The minimum absolute atomic E-state index is 0.0631. The van der Waals surface area contributed by atoms with E-state index < -0.39 is 21.8 Å². The van der Waals surface area contributed by atoms with Gasteiger partial charge in [-0.25, -0.2) is 13.1 Å². The Morgan fingerprint density at radius 2 is 1.56 bits per heavy atom. The van der Waals surface area contributed by atoms with E-state index in [2.05, 4.69) is 15.0 Å². The van der Waals surface area contributed by atoms with E-state index in [1.54, 1.807) is 0 Å². The molecule has 1 aliphatic rings. The first kappa shape index (κ1) is 20.2. The number of fused-ring (bicyclic) bond motifs is 2. The Bertz CT molecular complexity index is 1460. The molecule has 0 bridgehead atoms. The van der Waals surface area contributed by atoms with Gasteiger partial charge in [0, 0.05) is 29.6 Å². The molecule has 1 atom stereocenters. The van der Waals surface area contributed by atoms with Gasteiger partial charge < -0.3 is 4.98 Å². The lowest BCUT2D eigenvalue weighted by Gasteiger charge is -2.18. The highest BCUT2D eigenvalue weighted by Gasteiger charge is 2.29. The number of sulfonamides is 1. The number of aromatic nitrogens is 1. The number of hydrogen-bond donors (Lipinski definition) is 3. The van der Waals surface area contributed by atoms with Crippen LogP contribution in [0.1, 0.15) is 37.8 Å². The lowest BCUT2D eigenvalue weighted by atomic mass is 9.91. The molecule has 7 nitrogen and oxygen atoms in total. The Labute approximate surface area is 184 Å². The zero-order valence-electron chi connectivity index (χ0n) is 16.8. The maximum absolute atomic E-state index is 13.1. The summed E-state index contributed by atoms with van der Waals surface area (Å²) in [5, 5.41) is 3.19. The first-order valence-electron chi connectivity index (χ1n) is 10.0. The second kappa shape index (κ2) is 7.74. The third-order valence-corrected chi connectivity index (χ3v) is 7.11. The molecule has 5 rings (SSSR count). The first-order chi connectivity index (χ1) is 15.4. The van der Waals surface area contributed by atoms with Gasteiger partial charge in [-0.15, -0.1) is 0 Å². The number of para-hydroxylation sites is 1. The quantitative estimate of drug-likeness (QED) is 0.396. The van der Waals surface area contributed by atoms with E-state index in [4.69, 9.17) is 0 Å². The molecule has 1 unspecified atom stereocenters. The van der Waals surface area contributed by atoms with Crippen LogP contribution in [0.25, 0.3) is 10.9 Å². The third kappa shape index (κ3) is 3.49. The van der Waals surface area contributed by atoms with Crippen LogP contribution in [0.3, 0.4) is 0 Å². The molecule has 3 aromatic carbocycles. The second-order valence-corrected chi connectivity index (χ2v) is 9.36. The molecule has 0 fully saturated rings. The minimum Gasteiger partial charge on any atom is -0.361 e. The molecule has 32 heavy (non-hydrogen) atoms. The number of hydrogen-bond acceptors (Lipinski definition) is 4. The summed E-state index contributed by atoms with van der Waals surface area (Å²) in [6.07, 6.45) is 1.90. The number of amides is 2. The van der Waals surface area contributed by atoms with Gasteiger partial charge in [0.1, 0.15) is 0 Å². The molecule has 3 N–H and O–H groups in total. The summed E-state index contributed by atoms with van der Waals surface area (Å²) in [5.41, 5.74) is 3.16. The lowest BCUT2D eigenvalue weighted by Crippen LogP contribution is -2.29. The zero-order valence-corrected chi connectivity index (χ0v) is 17.6. The number of nitrogens with one attached hydrogen (secondary N) is 3. The van der Waals surface area contributed by atoms with Gasteiger partial charge in [0.25, 0.3) is 11.8 Å². The van der Waals surface area contributed by atoms with E-state index in [-0.39, 0.29) is 28.5 Å². The van der Waals surface area contributed by atoms with Gasteiger partial charge in [-0.1, -0.05) is 48.5 Å². The molecule has 160 valence electrons. The molecule has 0 aliphatic carbocycles. The fourth-order valence-electron chi connectivity index (χ4n) is 4.07. The standard InChI is InChI=1S/C24H19N3O4S/c28-23-18-11-10-16(12-19(18)24(29)27-23)32(30,31)26-14-20(15-6-2-1-3-7-15)21-13-25-22-9-5-4-8-17(21)22/h1-13,20,25-26H,14H2,(H,27,28,29). The largest absolute Gasteiger partial charge is 0.361 e. The van der Waals surface area contributed by atoms with Crippen molar-refractivity contribution in [2.45, 2.75) is 10.8 Å². The fourth-order valence-corrected chi connectivity index (χ4v) is 5.14. The maximum atomic E-state index is 13.1. The lowest BCUT2D eigenvalue weighted by molar-refractivity contribution is 0.0879. The van der Waals surface area contributed by atoms with Crippen molar-refractivity contribution >= 4 is 32.7 Å². The number of H-pyrrole nitrogens is 1. The van der Waals surface area contributed by atoms with Gasteiger partial charge in [0.05, 0.1) is 16.0 Å². The van der Waals surface area contributed by atoms with E-state index in [1.807, 2.05) is 60.8 Å². The molecule has 0 spiro atoms. The molecule has 0 radical (unpaired) electrons. The normalized spacial score (nSPS) is 14.4. The number of benzene rings is 3. The number of rotatable bonds is 6. The predicted molar refractivity (Wildman–Crippen MR) is 120 cm³/mol. The molecule has 0 saturated carbocycles. The highest BCUT2D eigenvalue weighted by Crippen LogP contribution is 2.31. The van der Waals surface area contributed by atoms with E-state index in [1.165, 1.54) is 18.2 Å². The molecule has 8 heteroatoms. The zero-order chi connectivity index (χ0) is 22.3. The van der Waals surface area contributed by atoms with Crippen LogP contribution in [-0.2, 0) is 10.0 Å². The van der Waals surface area contributed by atoms with Crippen LogP contribution in [0, 0.1) is 0 Å². The van der Waals surface area contributed by atoms with Crippen molar-refractivity contribution < 1.29 is 18.0 Å². The number of aromatic amines is 1. The maximum Gasteiger partial charge on any atom is 0.258 e. The summed E-state index contributed by atoms with van der Waals surface area (Å²) in [6.45, 7) is 0.121. The number of carbonyl (C=O) groups is 2. The molecule has 0 saturated heterocycles. The van der Waals surface area contributed by atoms with Crippen LogP contribution in [-0.4, -0.2) is 31.8 Å². The van der Waals surface area contributed by atoms with Crippen molar-refractivity contribution in [2.75, 3.05) is 6.54 Å². The average molecular weight is 446 g/mol. The summed E-state index contributed by atoms with van der Waals surface area (Å²) in [6, 6.07) is 21.5. The fraction of sp³-hybridized carbons (Fsp3) is 0.0833. The summed E-state index contributed by atoms with van der Waals surface area (Å²) in [5.74, 6) is -1.35. The Kier molecular flexibility index (Phi) is 4.88. The van der Waals surface area contributed by atoms with Crippen molar-refractivity contribution in [3.8, 4) is 0 Å². The van der Waals surface area contributed by atoms with E-state index in [9.17, 15) is 18.0 Å². The smallest absolute Gasteiger partial charge is 0.258 e. The van der Waals surface area contributed by atoms with Crippen LogP contribution in [0.2, 0.25) is 0 Å². The molecule has 4 aromatic rings. The van der Waals surface area contributed by atoms with Gasteiger partial charge in [0.15, 0.2) is 0 Å². The topological polar surface area (TPSA) is 108 Å². The van der Waals surface area contributed by atoms with Crippen LogP contribution < -0.4 is 10.0 Å². The van der Waals surface area contributed by atoms with Crippen molar-refractivity contribution in [3.63, 3.8) is 0 Å². The van der Waals surface area contributed by atoms with Gasteiger partial charge in [-0.05, 0) is 35.4 Å². The summed E-state index contributed by atoms with van der Waals surface area (Å²) < 4.78 is 28.8.